The van der Waals surface area contributed by atoms with Crippen molar-refractivity contribution in [1.29, 1.82) is 0 Å². The van der Waals surface area contributed by atoms with Crippen LogP contribution in [0.25, 0.3) is 22.5 Å². The minimum absolute atomic E-state index is 0.00282. The van der Waals surface area contributed by atoms with Crippen LogP contribution in [0.4, 0.5) is 11.5 Å². The zero-order valence-corrected chi connectivity index (χ0v) is 18.5. The Morgan fingerprint density at radius 1 is 0.941 bits per heavy atom. The zero-order valence-electron chi connectivity index (χ0n) is 18.5. The second-order valence-corrected chi connectivity index (χ2v) is 8.29. The zero-order chi connectivity index (χ0) is 23.3. The molecule has 0 bridgehead atoms. The summed E-state index contributed by atoms with van der Waals surface area (Å²) in [5, 5.41) is 9.50. The molecule has 170 valence electrons. The smallest absolute Gasteiger partial charge is 0.264 e. The average Bonchev–Trinajstić information content (AvgIpc) is 2.90. The Balaban J connectivity index is 1.25. The number of aromatic amines is 1. The van der Waals surface area contributed by atoms with E-state index in [1.54, 1.807) is 12.4 Å². The van der Waals surface area contributed by atoms with Gasteiger partial charge in [0.1, 0.15) is 12.1 Å². The molecule has 3 heterocycles. The molecule has 1 saturated heterocycles. The van der Waals surface area contributed by atoms with Gasteiger partial charge in [0.05, 0.1) is 17.3 Å². The van der Waals surface area contributed by atoms with Gasteiger partial charge in [-0.1, -0.05) is 42.5 Å². The summed E-state index contributed by atoms with van der Waals surface area (Å²) in [6, 6.07) is 22.5. The molecule has 1 aliphatic heterocycles. The van der Waals surface area contributed by atoms with E-state index < -0.39 is 0 Å². The Morgan fingerprint density at radius 2 is 1.74 bits per heavy atom. The van der Waals surface area contributed by atoms with E-state index in [4.69, 9.17) is 0 Å². The summed E-state index contributed by atoms with van der Waals surface area (Å²) in [7, 11) is 0. The Kier molecular flexibility index (Phi) is 6.11. The maximum absolute atomic E-state index is 13.0. The quantitative estimate of drug-likeness (QED) is 0.478. The van der Waals surface area contributed by atoms with E-state index in [1.165, 1.54) is 6.07 Å². The highest BCUT2D eigenvalue weighted by Gasteiger charge is 2.27. The monoisotopic (exact) mass is 452 g/mol. The molecule has 1 fully saturated rings. The molecule has 1 aliphatic rings. The number of benzene rings is 2. The van der Waals surface area contributed by atoms with Crippen LogP contribution < -0.4 is 15.8 Å². The standard InChI is InChI=1S/C26H24N6O2/c33-25-13-12-22(30-31-25)19-8-10-21(11-9-19)29-26(34)20-7-4-14-32(16-20)24-15-23(27-17-28-24)18-5-2-1-3-6-18/h1-3,5-6,8-13,15,17,20H,4,7,14,16H2,(H,29,34)(H,31,33). The van der Waals surface area contributed by atoms with Crippen LogP contribution in [0.5, 0.6) is 0 Å². The lowest BCUT2D eigenvalue weighted by atomic mass is 9.97. The van der Waals surface area contributed by atoms with Gasteiger partial charge in [0, 0.05) is 42.0 Å². The number of nitrogens with one attached hydrogen (secondary N) is 2. The summed E-state index contributed by atoms with van der Waals surface area (Å²) >= 11 is 0. The molecule has 2 aromatic carbocycles. The maximum atomic E-state index is 13.0. The Hall–Kier alpha value is -4.33. The molecular weight excluding hydrogens is 428 g/mol. The van der Waals surface area contributed by atoms with Gasteiger partial charge in [0.2, 0.25) is 5.91 Å². The van der Waals surface area contributed by atoms with Crippen LogP contribution in [0.2, 0.25) is 0 Å². The number of hydrogen-bond donors (Lipinski definition) is 2. The van der Waals surface area contributed by atoms with Crippen molar-refractivity contribution in [1.82, 2.24) is 20.2 Å². The molecule has 0 saturated carbocycles. The highest BCUT2D eigenvalue weighted by molar-refractivity contribution is 5.93. The number of carbonyl (C=O) groups is 1. The van der Waals surface area contributed by atoms with Gasteiger partial charge in [-0.3, -0.25) is 9.59 Å². The molecule has 1 unspecified atom stereocenters. The third-order valence-corrected chi connectivity index (χ3v) is 5.97. The van der Waals surface area contributed by atoms with Crippen molar-refractivity contribution in [2.24, 2.45) is 5.92 Å². The van der Waals surface area contributed by atoms with Crippen LogP contribution in [-0.2, 0) is 4.79 Å². The number of aromatic nitrogens is 4. The largest absolute Gasteiger partial charge is 0.356 e. The van der Waals surface area contributed by atoms with Gasteiger partial charge in [0.15, 0.2) is 0 Å². The summed E-state index contributed by atoms with van der Waals surface area (Å²) in [4.78, 5) is 35.2. The predicted molar refractivity (Wildman–Crippen MR) is 131 cm³/mol. The van der Waals surface area contributed by atoms with Crippen molar-refractivity contribution < 1.29 is 4.79 Å². The van der Waals surface area contributed by atoms with Crippen LogP contribution >= 0.6 is 0 Å². The molecule has 1 amide bonds. The number of carbonyl (C=O) groups excluding carboxylic acids is 1. The molecule has 4 aromatic rings. The van der Waals surface area contributed by atoms with Crippen LogP contribution in [-0.4, -0.2) is 39.2 Å². The lowest BCUT2D eigenvalue weighted by Gasteiger charge is -2.33. The third kappa shape index (κ3) is 4.85. The van der Waals surface area contributed by atoms with Crippen molar-refractivity contribution in [3.8, 4) is 22.5 Å². The molecule has 8 heteroatoms. The van der Waals surface area contributed by atoms with Crippen LogP contribution in [0.15, 0.2) is 83.9 Å². The fourth-order valence-electron chi connectivity index (χ4n) is 4.16. The van der Waals surface area contributed by atoms with Gasteiger partial charge in [-0.25, -0.2) is 15.1 Å². The lowest BCUT2D eigenvalue weighted by Crippen LogP contribution is -2.41. The molecular formula is C26H24N6O2. The molecule has 8 nitrogen and oxygen atoms in total. The predicted octanol–water partition coefficient (Wildman–Crippen LogP) is 3.75. The van der Waals surface area contributed by atoms with E-state index in [9.17, 15) is 9.59 Å². The molecule has 2 N–H and O–H groups in total. The average molecular weight is 453 g/mol. The fraction of sp³-hybridized carbons (Fsp3) is 0.192. The second-order valence-electron chi connectivity index (χ2n) is 8.29. The van der Waals surface area contributed by atoms with Crippen LogP contribution in [0.1, 0.15) is 12.8 Å². The molecule has 0 spiro atoms. The van der Waals surface area contributed by atoms with Gasteiger partial charge in [0.25, 0.3) is 5.56 Å². The van der Waals surface area contributed by atoms with Gasteiger partial charge < -0.3 is 10.2 Å². The van der Waals surface area contributed by atoms with Crippen LogP contribution in [0.3, 0.4) is 0 Å². The number of nitrogens with zero attached hydrogens (tertiary/aromatic N) is 4. The van der Waals surface area contributed by atoms with E-state index in [-0.39, 0.29) is 17.4 Å². The second kappa shape index (κ2) is 9.66. The summed E-state index contributed by atoms with van der Waals surface area (Å²) in [5.74, 6) is 0.700. The summed E-state index contributed by atoms with van der Waals surface area (Å²) in [5.41, 5.74) is 3.92. The van der Waals surface area contributed by atoms with Crippen molar-refractivity contribution >= 4 is 17.4 Å². The molecule has 0 radical (unpaired) electrons. The van der Waals surface area contributed by atoms with Gasteiger partial charge >= 0.3 is 0 Å². The van der Waals surface area contributed by atoms with Crippen molar-refractivity contribution in [2.75, 3.05) is 23.3 Å². The summed E-state index contributed by atoms with van der Waals surface area (Å²) in [6.45, 7) is 1.46. The molecule has 5 rings (SSSR count). The number of rotatable bonds is 5. The minimum Gasteiger partial charge on any atom is -0.356 e. The normalized spacial score (nSPS) is 15.6. The SMILES string of the molecule is O=C(Nc1ccc(-c2ccc(=O)[nH]n2)cc1)C1CCCN(c2cc(-c3ccccc3)ncn2)C1. The minimum atomic E-state index is -0.243. The van der Waals surface area contributed by atoms with Crippen LogP contribution in [0, 0.1) is 5.92 Å². The van der Waals surface area contributed by atoms with E-state index in [0.717, 1.165) is 47.7 Å². The lowest BCUT2D eigenvalue weighted by molar-refractivity contribution is -0.120. The highest BCUT2D eigenvalue weighted by Crippen LogP contribution is 2.26. The van der Waals surface area contributed by atoms with Gasteiger partial charge in [-0.05, 0) is 31.0 Å². The van der Waals surface area contributed by atoms with E-state index in [0.29, 0.717) is 12.2 Å². The van der Waals surface area contributed by atoms with Crippen molar-refractivity contribution in [3.05, 3.63) is 89.5 Å². The third-order valence-electron chi connectivity index (χ3n) is 5.97. The molecule has 1 atom stereocenters. The summed E-state index contributed by atoms with van der Waals surface area (Å²) < 4.78 is 0. The van der Waals surface area contributed by atoms with Gasteiger partial charge in [-0.15, -0.1) is 0 Å². The van der Waals surface area contributed by atoms with Crippen molar-refractivity contribution in [3.63, 3.8) is 0 Å². The number of anilines is 2. The topological polar surface area (TPSA) is 104 Å². The number of H-pyrrole nitrogens is 1. The van der Waals surface area contributed by atoms with E-state index in [2.05, 4.69) is 30.4 Å². The Bertz CT molecular complexity index is 1320. The number of piperidine rings is 1. The Labute approximate surface area is 196 Å². The Morgan fingerprint density at radius 3 is 2.50 bits per heavy atom. The van der Waals surface area contributed by atoms with E-state index in [1.807, 2.05) is 60.7 Å². The molecule has 34 heavy (non-hydrogen) atoms. The first-order chi connectivity index (χ1) is 16.7. The first kappa shape index (κ1) is 21.5. The highest BCUT2D eigenvalue weighted by atomic mass is 16.2. The van der Waals surface area contributed by atoms with Gasteiger partial charge in [-0.2, -0.15) is 5.10 Å². The number of hydrogen-bond acceptors (Lipinski definition) is 6. The first-order valence-electron chi connectivity index (χ1n) is 11.3. The number of amides is 1. The molecule has 0 aliphatic carbocycles. The summed E-state index contributed by atoms with van der Waals surface area (Å²) in [6.07, 6.45) is 3.33. The first-order valence-corrected chi connectivity index (χ1v) is 11.3. The fourth-order valence-corrected chi connectivity index (χ4v) is 4.16. The van der Waals surface area contributed by atoms with E-state index >= 15 is 0 Å². The van der Waals surface area contributed by atoms with Crippen molar-refractivity contribution in [2.45, 2.75) is 12.8 Å². The maximum Gasteiger partial charge on any atom is 0.264 e. The molecule has 2 aromatic heterocycles.